The highest BCUT2D eigenvalue weighted by Gasteiger charge is 1.90. The van der Waals surface area contributed by atoms with Crippen LogP contribution in [0.15, 0.2) is 36.7 Å². The van der Waals surface area contributed by atoms with Gasteiger partial charge in [0.15, 0.2) is 0 Å². The molecule has 0 saturated heterocycles. The summed E-state index contributed by atoms with van der Waals surface area (Å²) in [6, 6.07) is 11.6. The summed E-state index contributed by atoms with van der Waals surface area (Å²) in [5, 5.41) is 8.47. The first kappa shape index (κ1) is 12.9. The Bertz CT molecular complexity index is 510. The monoisotopic (exact) mass is 225 g/mol. The van der Waals surface area contributed by atoms with E-state index in [0.29, 0.717) is 0 Å². The average molecular weight is 225 g/mol. The van der Waals surface area contributed by atoms with Crippen molar-refractivity contribution in [3.63, 3.8) is 0 Å². The lowest BCUT2D eigenvalue weighted by molar-refractivity contribution is 1.05. The first-order chi connectivity index (χ1) is 8.13. The molecule has 17 heavy (non-hydrogen) atoms. The van der Waals surface area contributed by atoms with E-state index < -0.39 is 0 Å². The van der Waals surface area contributed by atoms with Crippen LogP contribution in [0.25, 0.3) is 0 Å². The zero-order valence-electron chi connectivity index (χ0n) is 10.3. The Kier molecular flexibility index (Phi) is 4.83. The van der Waals surface area contributed by atoms with Crippen molar-refractivity contribution < 1.29 is 0 Å². The highest BCUT2D eigenvalue weighted by atomic mass is 14.8. The van der Waals surface area contributed by atoms with E-state index in [2.05, 4.69) is 16.0 Å². The Labute approximate surface area is 102 Å². The molecule has 0 aliphatic carbocycles. The van der Waals surface area contributed by atoms with Gasteiger partial charge in [-0.05, 0) is 38.5 Å². The predicted molar refractivity (Wildman–Crippen MR) is 67.4 cm³/mol. The molecule has 0 amide bonds. The Balaban J connectivity index is 0.000000171. The van der Waals surface area contributed by atoms with Gasteiger partial charge in [0.05, 0.1) is 11.6 Å². The second-order valence-corrected chi connectivity index (χ2v) is 3.73. The standard InChI is InChI=1S/C8H7N.C6H8N2/c1-7-4-2-3-5-8(7)6-9;1-5-3-6(2)8-4-7-5/h2-5H,1H3;3-4H,1-2H3. The van der Waals surface area contributed by atoms with Crippen LogP contribution in [0.1, 0.15) is 22.5 Å². The molecule has 0 aliphatic heterocycles. The average Bonchev–Trinajstić information content (AvgIpc) is 2.30. The summed E-state index contributed by atoms with van der Waals surface area (Å²) in [4.78, 5) is 7.86. The van der Waals surface area contributed by atoms with Gasteiger partial charge in [0.1, 0.15) is 6.33 Å². The lowest BCUT2D eigenvalue weighted by Crippen LogP contribution is -1.84. The Morgan fingerprint density at radius 1 is 1.00 bits per heavy atom. The van der Waals surface area contributed by atoms with E-state index in [9.17, 15) is 0 Å². The molecule has 2 aromatic rings. The van der Waals surface area contributed by atoms with Crippen LogP contribution < -0.4 is 0 Å². The van der Waals surface area contributed by atoms with Gasteiger partial charge in [0, 0.05) is 11.4 Å². The van der Waals surface area contributed by atoms with E-state index in [-0.39, 0.29) is 0 Å². The number of hydrogen-bond acceptors (Lipinski definition) is 3. The topological polar surface area (TPSA) is 49.6 Å². The van der Waals surface area contributed by atoms with Crippen molar-refractivity contribution in [1.82, 2.24) is 9.97 Å². The van der Waals surface area contributed by atoms with Crippen molar-refractivity contribution in [2.75, 3.05) is 0 Å². The maximum absolute atomic E-state index is 8.47. The van der Waals surface area contributed by atoms with E-state index in [1.54, 1.807) is 6.33 Å². The van der Waals surface area contributed by atoms with Gasteiger partial charge in [0.25, 0.3) is 0 Å². The van der Waals surface area contributed by atoms with E-state index in [1.165, 1.54) is 0 Å². The van der Waals surface area contributed by atoms with Crippen molar-refractivity contribution in [3.8, 4) is 6.07 Å². The molecule has 2 rings (SSSR count). The molecule has 0 unspecified atom stereocenters. The molecule has 0 atom stereocenters. The molecule has 0 spiro atoms. The molecule has 1 aromatic heterocycles. The number of nitrogens with zero attached hydrogens (tertiary/aromatic N) is 3. The molecule has 0 radical (unpaired) electrons. The van der Waals surface area contributed by atoms with Crippen molar-refractivity contribution in [2.24, 2.45) is 0 Å². The van der Waals surface area contributed by atoms with E-state index in [1.807, 2.05) is 51.1 Å². The van der Waals surface area contributed by atoms with Crippen molar-refractivity contribution in [2.45, 2.75) is 20.8 Å². The number of nitriles is 1. The second kappa shape index (κ2) is 6.39. The van der Waals surface area contributed by atoms with Crippen LogP contribution in [-0.4, -0.2) is 9.97 Å². The van der Waals surface area contributed by atoms with Crippen LogP contribution in [-0.2, 0) is 0 Å². The predicted octanol–water partition coefficient (Wildman–Crippen LogP) is 2.96. The molecular weight excluding hydrogens is 210 g/mol. The lowest BCUT2D eigenvalue weighted by Gasteiger charge is -1.90. The largest absolute Gasteiger partial charge is 0.242 e. The van der Waals surface area contributed by atoms with Gasteiger partial charge in [-0.25, -0.2) is 9.97 Å². The molecule has 0 bridgehead atoms. The van der Waals surface area contributed by atoms with Crippen LogP contribution in [0.5, 0.6) is 0 Å². The van der Waals surface area contributed by atoms with Crippen molar-refractivity contribution in [3.05, 3.63) is 59.2 Å². The summed E-state index contributed by atoms with van der Waals surface area (Å²) < 4.78 is 0. The van der Waals surface area contributed by atoms with Gasteiger partial charge in [0.2, 0.25) is 0 Å². The number of aromatic nitrogens is 2. The number of benzene rings is 1. The summed E-state index contributed by atoms with van der Waals surface area (Å²) in [6.07, 6.45) is 1.57. The third-order valence-corrected chi connectivity index (χ3v) is 2.21. The summed E-state index contributed by atoms with van der Waals surface area (Å²) in [7, 11) is 0. The SMILES string of the molecule is Cc1cc(C)ncn1.Cc1ccccc1C#N. The zero-order valence-corrected chi connectivity index (χ0v) is 10.3. The number of aryl methyl sites for hydroxylation is 3. The highest BCUT2D eigenvalue weighted by Crippen LogP contribution is 2.03. The fourth-order valence-corrected chi connectivity index (χ4v) is 1.29. The maximum atomic E-state index is 8.47. The number of hydrogen-bond donors (Lipinski definition) is 0. The lowest BCUT2D eigenvalue weighted by atomic mass is 10.1. The highest BCUT2D eigenvalue weighted by molar-refractivity contribution is 5.35. The van der Waals surface area contributed by atoms with Gasteiger partial charge in [-0.1, -0.05) is 18.2 Å². The smallest absolute Gasteiger partial charge is 0.115 e. The van der Waals surface area contributed by atoms with Gasteiger partial charge >= 0.3 is 0 Å². The molecule has 1 heterocycles. The third-order valence-electron chi connectivity index (χ3n) is 2.21. The Hall–Kier alpha value is -2.21. The third kappa shape index (κ3) is 4.43. The molecule has 0 fully saturated rings. The molecule has 0 aliphatic rings. The van der Waals surface area contributed by atoms with Crippen LogP contribution in [0.2, 0.25) is 0 Å². The van der Waals surface area contributed by atoms with Gasteiger partial charge in [-0.15, -0.1) is 0 Å². The molecule has 0 N–H and O–H groups in total. The number of rotatable bonds is 0. The van der Waals surface area contributed by atoms with Crippen LogP contribution in [0.3, 0.4) is 0 Å². The first-order valence-electron chi connectivity index (χ1n) is 5.34. The molecule has 3 heteroatoms. The minimum atomic E-state index is 0.762. The summed E-state index contributed by atoms with van der Waals surface area (Å²) in [6.45, 7) is 5.84. The summed E-state index contributed by atoms with van der Waals surface area (Å²) in [5.74, 6) is 0. The minimum absolute atomic E-state index is 0.762. The van der Waals surface area contributed by atoms with Crippen LogP contribution >= 0.6 is 0 Å². The Morgan fingerprint density at radius 2 is 1.59 bits per heavy atom. The fourth-order valence-electron chi connectivity index (χ4n) is 1.29. The normalized spacial score (nSPS) is 8.82. The van der Waals surface area contributed by atoms with Crippen molar-refractivity contribution >= 4 is 0 Å². The molecule has 3 nitrogen and oxygen atoms in total. The summed E-state index contributed by atoms with van der Waals surface area (Å²) >= 11 is 0. The zero-order chi connectivity index (χ0) is 12.7. The molecule has 86 valence electrons. The Morgan fingerprint density at radius 3 is 1.94 bits per heavy atom. The molecule has 0 saturated carbocycles. The summed E-state index contributed by atoms with van der Waals surface area (Å²) in [5.41, 5.74) is 3.85. The van der Waals surface area contributed by atoms with Crippen molar-refractivity contribution in [1.29, 1.82) is 5.26 Å². The van der Waals surface area contributed by atoms with Gasteiger partial charge in [-0.2, -0.15) is 5.26 Å². The van der Waals surface area contributed by atoms with E-state index >= 15 is 0 Å². The first-order valence-corrected chi connectivity index (χ1v) is 5.34. The molecular formula is C14H15N3. The maximum Gasteiger partial charge on any atom is 0.115 e. The van der Waals surface area contributed by atoms with E-state index in [0.717, 1.165) is 22.5 Å². The second-order valence-electron chi connectivity index (χ2n) is 3.73. The van der Waals surface area contributed by atoms with E-state index in [4.69, 9.17) is 5.26 Å². The fraction of sp³-hybridized carbons (Fsp3) is 0.214. The molecule has 1 aromatic carbocycles. The van der Waals surface area contributed by atoms with Gasteiger partial charge in [-0.3, -0.25) is 0 Å². The van der Waals surface area contributed by atoms with Gasteiger partial charge < -0.3 is 0 Å². The van der Waals surface area contributed by atoms with Crippen LogP contribution in [0, 0.1) is 32.1 Å². The minimum Gasteiger partial charge on any atom is -0.242 e. The van der Waals surface area contributed by atoms with Crippen LogP contribution in [0.4, 0.5) is 0 Å². The quantitative estimate of drug-likeness (QED) is 0.692.